The van der Waals surface area contributed by atoms with Gasteiger partial charge in [-0.15, -0.1) is 0 Å². The van der Waals surface area contributed by atoms with Gasteiger partial charge >= 0.3 is 6.03 Å². The van der Waals surface area contributed by atoms with Gasteiger partial charge in [0.05, 0.1) is 5.69 Å². The normalized spacial score (nSPS) is 31.3. The molecule has 4 saturated carbocycles. The van der Waals surface area contributed by atoms with Crippen LogP contribution in [0.15, 0.2) is 48.0 Å². The van der Waals surface area contributed by atoms with Crippen molar-refractivity contribution in [2.45, 2.75) is 43.9 Å². The van der Waals surface area contributed by atoms with Crippen molar-refractivity contribution in [3.8, 4) is 11.5 Å². The molecule has 7 nitrogen and oxygen atoms in total. The highest BCUT2D eigenvalue weighted by molar-refractivity contribution is 6.39. The van der Waals surface area contributed by atoms with Gasteiger partial charge in [-0.05, 0) is 97.6 Å². The van der Waals surface area contributed by atoms with Gasteiger partial charge in [0.2, 0.25) is 0 Å². The summed E-state index contributed by atoms with van der Waals surface area (Å²) in [5, 5.41) is 21.7. The van der Waals surface area contributed by atoms with E-state index in [1.54, 1.807) is 12.1 Å². The third-order valence-corrected chi connectivity index (χ3v) is 8.19. The molecule has 7 heteroatoms. The molecule has 7 rings (SSSR count). The third-order valence-electron chi connectivity index (χ3n) is 8.19. The Morgan fingerprint density at radius 2 is 1.50 bits per heavy atom. The lowest BCUT2D eigenvalue weighted by molar-refractivity contribution is -0.122. The number of urea groups is 1. The first-order chi connectivity index (χ1) is 16.3. The van der Waals surface area contributed by atoms with E-state index in [0.29, 0.717) is 5.69 Å². The number of anilines is 1. The standard InChI is InChI=1S/C27H26N2O5/c30-21-6-1-18(23(31)11-21)10-22-24(32)28-26(34)29(25(22)33)20-4-2-19(3-5-20)27-12-15-7-16(13-27)9-17(8-15)14-27/h1-6,10-11,15-17,30-31H,7-9,12-14H2,(H,28,32,34). The topological polar surface area (TPSA) is 107 Å². The predicted octanol–water partition coefficient (Wildman–Crippen LogP) is 4.23. The molecule has 1 heterocycles. The summed E-state index contributed by atoms with van der Waals surface area (Å²) in [6.45, 7) is 0. The molecule has 1 aliphatic heterocycles. The summed E-state index contributed by atoms with van der Waals surface area (Å²) in [4.78, 5) is 39.1. The summed E-state index contributed by atoms with van der Waals surface area (Å²) in [5.41, 5.74) is 1.79. The number of barbiturate groups is 1. The molecule has 4 aliphatic carbocycles. The monoisotopic (exact) mass is 458 g/mol. The number of phenols is 2. The largest absolute Gasteiger partial charge is 0.508 e. The molecule has 34 heavy (non-hydrogen) atoms. The van der Waals surface area contributed by atoms with Crippen LogP contribution in [0, 0.1) is 17.8 Å². The summed E-state index contributed by atoms with van der Waals surface area (Å²) >= 11 is 0. The second kappa shape index (κ2) is 7.45. The molecule has 2 aromatic rings. The first-order valence-electron chi connectivity index (χ1n) is 11.9. The predicted molar refractivity (Wildman–Crippen MR) is 125 cm³/mol. The van der Waals surface area contributed by atoms with Crippen molar-refractivity contribution in [1.82, 2.24) is 5.32 Å². The molecule has 0 radical (unpaired) electrons. The summed E-state index contributed by atoms with van der Waals surface area (Å²) in [5.74, 6) is 0.431. The second-order valence-corrected chi connectivity index (χ2v) is 10.4. The van der Waals surface area contributed by atoms with Crippen LogP contribution in [0.1, 0.15) is 49.7 Å². The molecule has 0 unspecified atom stereocenters. The van der Waals surface area contributed by atoms with Crippen molar-refractivity contribution in [3.05, 3.63) is 59.2 Å². The fourth-order valence-electron chi connectivity index (χ4n) is 7.13. The van der Waals surface area contributed by atoms with Crippen molar-refractivity contribution >= 4 is 29.6 Å². The maximum absolute atomic E-state index is 13.2. The van der Waals surface area contributed by atoms with Gasteiger partial charge in [0.15, 0.2) is 0 Å². The molecule has 4 bridgehead atoms. The highest BCUT2D eigenvalue weighted by Gasteiger charge is 2.51. The first kappa shape index (κ1) is 21.0. The Labute approximate surface area is 197 Å². The molecule has 3 N–H and O–H groups in total. The molecule has 174 valence electrons. The van der Waals surface area contributed by atoms with Crippen LogP contribution >= 0.6 is 0 Å². The van der Waals surface area contributed by atoms with Gasteiger partial charge in [0.25, 0.3) is 11.8 Å². The molecule has 2 aromatic carbocycles. The zero-order valence-electron chi connectivity index (χ0n) is 18.7. The van der Waals surface area contributed by atoms with Gasteiger partial charge in [-0.2, -0.15) is 0 Å². The van der Waals surface area contributed by atoms with Gasteiger partial charge in [-0.1, -0.05) is 12.1 Å². The number of benzene rings is 2. The van der Waals surface area contributed by atoms with Crippen molar-refractivity contribution in [2.24, 2.45) is 17.8 Å². The van der Waals surface area contributed by atoms with E-state index in [2.05, 4.69) is 5.32 Å². The maximum atomic E-state index is 13.2. The van der Waals surface area contributed by atoms with E-state index in [-0.39, 0.29) is 28.1 Å². The van der Waals surface area contributed by atoms with Gasteiger partial charge in [-0.25, -0.2) is 9.69 Å². The van der Waals surface area contributed by atoms with E-state index in [9.17, 15) is 24.6 Å². The van der Waals surface area contributed by atoms with Crippen molar-refractivity contribution < 1.29 is 24.6 Å². The van der Waals surface area contributed by atoms with Gasteiger partial charge < -0.3 is 10.2 Å². The van der Waals surface area contributed by atoms with Crippen LogP contribution in [0.2, 0.25) is 0 Å². The summed E-state index contributed by atoms with van der Waals surface area (Å²) in [7, 11) is 0. The molecule has 0 spiro atoms. The molecule has 0 aromatic heterocycles. The SMILES string of the molecule is O=C1NC(=O)N(c2ccc(C34CC5CC(CC(C5)C3)C4)cc2)C(=O)C1=Cc1ccc(O)cc1O. The van der Waals surface area contributed by atoms with E-state index in [4.69, 9.17) is 0 Å². The van der Waals surface area contributed by atoms with Crippen LogP contribution in [-0.4, -0.2) is 28.1 Å². The fraction of sp³-hybridized carbons (Fsp3) is 0.370. The third kappa shape index (κ3) is 3.30. The smallest absolute Gasteiger partial charge is 0.335 e. The Balaban J connectivity index is 1.30. The molecule has 4 amide bonds. The van der Waals surface area contributed by atoms with Gasteiger partial charge in [0.1, 0.15) is 17.1 Å². The number of nitrogens with one attached hydrogen (secondary N) is 1. The summed E-state index contributed by atoms with van der Waals surface area (Å²) in [6, 6.07) is 10.7. The maximum Gasteiger partial charge on any atom is 0.335 e. The first-order valence-corrected chi connectivity index (χ1v) is 11.9. The number of phenolic OH excluding ortho intramolecular Hbond substituents is 2. The van der Waals surface area contributed by atoms with E-state index in [1.807, 2.05) is 12.1 Å². The van der Waals surface area contributed by atoms with E-state index < -0.39 is 17.8 Å². The summed E-state index contributed by atoms with van der Waals surface area (Å²) < 4.78 is 0. The Hall–Kier alpha value is -3.61. The van der Waals surface area contributed by atoms with E-state index >= 15 is 0 Å². The van der Waals surface area contributed by atoms with Crippen LogP contribution in [-0.2, 0) is 15.0 Å². The number of carbonyl (C=O) groups excluding carboxylic acids is 3. The van der Waals surface area contributed by atoms with Gasteiger partial charge in [0, 0.05) is 11.6 Å². The zero-order valence-corrected chi connectivity index (χ0v) is 18.7. The van der Waals surface area contributed by atoms with Crippen molar-refractivity contribution in [3.63, 3.8) is 0 Å². The van der Waals surface area contributed by atoms with Crippen LogP contribution in [0.3, 0.4) is 0 Å². The fourth-order valence-corrected chi connectivity index (χ4v) is 7.13. The Bertz CT molecular complexity index is 1210. The van der Waals surface area contributed by atoms with Gasteiger partial charge in [-0.3, -0.25) is 14.9 Å². The average Bonchev–Trinajstić information content (AvgIpc) is 2.77. The number of amides is 4. The zero-order chi connectivity index (χ0) is 23.6. The van der Waals surface area contributed by atoms with E-state index in [0.717, 1.165) is 28.7 Å². The van der Waals surface area contributed by atoms with Crippen LogP contribution in [0.4, 0.5) is 10.5 Å². The lowest BCUT2D eigenvalue weighted by atomic mass is 9.48. The highest BCUT2D eigenvalue weighted by atomic mass is 16.3. The van der Waals surface area contributed by atoms with E-state index in [1.165, 1.54) is 62.3 Å². The number of hydrogen-bond donors (Lipinski definition) is 3. The Morgan fingerprint density at radius 1 is 0.882 bits per heavy atom. The number of nitrogens with zero attached hydrogens (tertiary/aromatic N) is 1. The van der Waals surface area contributed by atoms with Crippen molar-refractivity contribution in [1.29, 1.82) is 0 Å². The lowest BCUT2D eigenvalue weighted by Gasteiger charge is -2.57. The molecular formula is C27H26N2O5. The molecular weight excluding hydrogens is 432 g/mol. The average molecular weight is 459 g/mol. The van der Waals surface area contributed by atoms with Crippen LogP contribution < -0.4 is 10.2 Å². The van der Waals surface area contributed by atoms with Crippen LogP contribution in [0.5, 0.6) is 11.5 Å². The Kier molecular flexibility index (Phi) is 4.59. The molecule has 1 saturated heterocycles. The number of carbonyl (C=O) groups is 3. The number of hydrogen-bond acceptors (Lipinski definition) is 5. The van der Waals surface area contributed by atoms with Crippen molar-refractivity contribution in [2.75, 3.05) is 4.90 Å². The highest BCUT2D eigenvalue weighted by Crippen LogP contribution is 2.60. The Morgan fingerprint density at radius 3 is 2.09 bits per heavy atom. The quantitative estimate of drug-likeness (QED) is 0.471. The van der Waals surface area contributed by atoms with Crippen LogP contribution in [0.25, 0.3) is 6.08 Å². The minimum Gasteiger partial charge on any atom is -0.508 e. The number of rotatable bonds is 3. The number of imide groups is 2. The summed E-state index contributed by atoms with van der Waals surface area (Å²) in [6.07, 6.45) is 8.96. The molecule has 5 aliphatic rings. The number of aromatic hydroxyl groups is 2. The second-order valence-electron chi connectivity index (χ2n) is 10.4. The lowest BCUT2D eigenvalue weighted by Crippen LogP contribution is -2.54. The minimum absolute atomic E-state index is 0.144. The molecule has 5 fully saturated rings. The molecule has 0 atom stereocenters. The minimum atomic E-state index is -0.830.